The zero-order valence-electron chi connectivity index (χ0n) is 10.2. The van der Waals surface area contributed by atoms with E-state index < -0.39 is 0 Å². The van der Waals surface area contributed by atoms with E-state index in [0.717, 1.165) is 18.7 Å². The average molecular weight is 223 g/mol. The number of aryl methyl sites for hydroxylation is 3. The third kappa shape index (κ3) is 3.16. The van der Waals surface area contributed by atoms with E-state index in [1.807, 2.05) is 0 Å². The summed E-state index contributed by atoms with van der Waals surface area (Å²) in [6.45, 7) is 7.60. The van der Waals surface area contributed by atoms with Crippen molar-refractivity contribution < 1.29 is 0 Å². The molecule has 0 aliphatic heterocycles. The van der Waals surface area contributed by atoms with Crippen LogP contribution >= 0.6 is 12.6 Å². The van der Waals surface area contributed by atoms with Crippen LogP contribution in [0.5, 0.6) is 0 Å². The molecule has 0 heterocycles. The maximum atomic E-state index is 4.25. The normalized spacial score (nSPS) is 10.5. The second-order valence-corrected chi connectivity index (χ2v) is 4.69. The number of hydrogen-bond donors (Lipinski definition) is 1. The topological polar surface area (TPSA) is 3.24 Å². The van der Waals surface area contributed by atoms with Gasteiger partial charge in [-0.25, -0.2) is 0 Å². The lowest BCUT2D eigenvalue weighted by molar-refractivity contribution is 0.854. The summed E-state index contributed by atoms with van der Waals surface area (Å²) in [6.07, 6.45) is 1.13. The van der Waals surface area contributed by atoms with Crippen LogP contribution < -0.4 is 4.90 Å². The first-order valence-corrected chi connectivity index (χ1v) is 6.09. The molecule has 0 aliphatic carbocycles. The minimum atomic E-state index is 0.953. The van der Waals surface area contributed by atoms with Gasteiger partial charge in [0.05, 0.1) is 0 Å². The molecule has 0 unspecified atom stereocenters. The van der Waals surface area contributed by atoms with Gasteiger partial charge >= 0.3 is 0 Å². The number of hydrogen-bond acceptors (Lipinski definition) is 2. The standard InChI is InChI=1S/C13H21NS/c1-10-8-11(2)13(12(3)9-10)14(4)6-5-7-15/h8-9,15H,5-7H2,1-4H3. The summed E-state index contributed by atoms with van der Waals surface area (Å²) in [5.41, 5.74) is 5.46. The van der Waals surface area contributed by atoms with E-state index in [4.69, 9.17) is 0 Å². The van der Waals surface area contributed by atoms with Gasteiger partial charge < -0.3 is 4.90 Å². The molecule has 1 aromatic carbocycles. The first kappa shape index (κ1) is 12.4. The van der Waals surface area contributed by atoms with Gasteiger partial charge in [0.1, 0.15) is 0 Å². The molecular formula is C13H21NS. The zero-order chi connectivity index (χ0) is 11.4. The van der Waals surface area contributed by atoms with Crippen LogP contribution in [0.25, 0.3) is 0 Å². The summed E-state index contributed by atoms with van der Waals surface area (Å²) in [4.78, 5) is 2.33. The Morgan fingerprint density at radius 1 is 1.13 bits per heavy atom. The Morgan fingerprint density at radius 2 is 1.67 bits per heavy atom. The lowest BCUT2D eigenvalue weighted by Gasteiger charge is -2.23. The predicted octanol–water partition coefficient (Wildman–Crippen LogP) is 3.37. The molecule has 1 rings (SSSR count). The van der Waals surface area contributed by atoms with Crippen LogP contribution in [0.15, 0.2) is 12.1 Å². The Hall–Kier alpha value is -0.630. The molecule has 0 saturated carbocycles. The van der Waals surface area contributed by atoms with Gasteiger partial charge in [-0.1, -0.05) is 17.7 Å². The Kier molecular flexibility index (Phi) is 4.52. The molecule has 0 aliphatic rings. The summed E-state index contributed by atoms with van der Waals surface area (Å²) in [5, 5.41) is 0. The van der Waals surface area contributed by atoms with Crippen LogP contribution in [0.2, 0.25) is 0 Å². The maximum absolute atomic E-state index is 4.25. The van der Waals surface area contributed by atoms with Gasteiger partial charge in [0, 0.05) is 19.3 Å². The molecule has 0 spiro atoms. The van der Waals surface area contributed by atoms with Gasteiger partial charge in [0.25, 0.3) is 0 Å². The van der Waals surface area contributed by atoms with Crippen molar-refractivity contribution in [1.82, 2.24) is 0 Å². The highest BCUT2D eigenvalue weighted by Gasteiger charge is 2.07. The third-order valence-electron chi connectivity index (χ3n) is 2.67. The van der Waals surface area contributed by atoms with E-state index in [-0.39, 0.29) is 0 Å². The van der Waals surface area contributed by atoms with Gasteiger partial charge in [-0.15, -0.1) is 0 Å². The maximum Gasteiger partial charge on any atom is 0.0423 e. The largest absolute Gasteiger partial charge is 0.374 e. The number of anilines is 1. The molecule has 2 heteroatoms. The van der Waals surface area contributed by atoms with Crippen LogP contribution in [-0.2, 0) is 0 Å². The molecule has 0 saturated heterocycles. The molecule has 84 valence electrons. The summed E-state index contributed by atoms with van der Waals surface area (Å²) < 4.78 is 0. The third-order valence-corrected chi connectivity index (χ3v) is 2.98. The first-order chi connectivity index (χ1) is 7.06. The van der Waals surface area contributed by atoms with E-state index in [9.17, 15) is 0 Å². The molecule has 0 radical (unpaired) electrons. The molecular weight excluding hydrogens is 202 g/mol. The quantitative estimate of drug-likeness (QED) is 0.766. The lowest BCUT2D eigenvalue weighted by atomic mass is 10.0. The van der Waals surface area contributed by atoms with Crippen LogP contribution in [0.4, 0.5) is 5.69 Å². The predicted molar refractivity (Wildman–Crippen MR) is 72.4 cm³/mol. The SMILES string of the molecule is Cc1cc(C)c(N(C)CCCS)c(C)c1. The summed E-state index contributed by atoms with van der Waals surface area (Å²) in [7, 11) is 2.16. The van der Waals surface area contributed by atoms with Gasteiger partial charge in [-0.05, 0) is 44.1 Å². The minimum absolute atomic E-state index is 0.953. The molecule has 0 bridgehead atoms. The fourth-order valence-electron chi connectivity index (χ4n) is 2.19. The Bertz CT molecular complexity index is 310. The molecule has 0 atom stereocenters. The molecule has 1 aromatic rings. The highest BCUT2D eigenvalue weighted by atomic mass is 32.1. The van der Waals surface area contributed by atoms with Crippen LogP contribution in [0, 0.1) is 20.8 Å². The van der Waals surface area contributed by atoms with E-state index in [2.05, 4.69) is 57.5 Å². The van der Waals surface area contributed by atoms with Crippen LogP contribution in [0.3, 0.4) is 0 Å². The van der Waals surface area contributed by atoms with Crippen molar-refractivity contribution in [1.29, 1.82) is 0 Å². The van der Waals surface area contributed by atoms with E-state index in [1.54, 1.807) is 0 Å². The molecule has 1 nitrogen and oxygen atoms in total. The number of nitrogens with zero attached hydrogens (tertiary/aromatic N) is 1. The van der Waals surface area contributed by atoms with Crippen molar-refractivity contribution in [2.75, 3.05) is 24.2 Å². The Morgan fingerprint density at radius 3 is 2.13 bits per heavy atom. The van der Waals surface area contributed by atoms with Crippen molar-refractivity contribution >= 4 is 18.3 Å². The smallest absolute Gasteiger partial charge is 0.0423 e. The van der Waals surface area contributed by atoms with Crippen molar-refractivity contribution in [3.05, 3.63) is 28.8 Å². The zero-order valence-corrected chi connectivity index (χ0v) is 11.1. The summed E-state index contributed by atoms with van der Waals surface area (Å²) in [6, 6.07) is 4.50. The van der Waals surface area contributed by atoms with Gasteiger partial charge in [0.2, 0.25) is 0 Å². The van der Waals surface area contributed by atoms with Crippen molar-refractivity contribution in [2.24, 2.45) is 0 Å². The average Bonchev–Trinajstić information content (AvgIpc) is 2.12. The van der Waals surface area contributed by atoms with E-state index in [0.29, 0.717) is 0 Å². The Labute approximate surface area is 98.9 Å². The number of rotatable bonds is 4. The number of benzene rings is 1. The molecule has 0 amide bonds. The second-order valence-electron chi connectivity index (χ2n) is 4.25. The first-order valence-electron chi connectivity index (χ1n) is 5.46. The highest BCUT2D eigenvalue weighted by molar-refractivity contribution is 7.80. The monoisotopic (exact) mass is 223 g/mol. The fourth-order valence-corrected chi connectivity index (χ4v) is 2.34. The van der Waals surface area contributed by atoms with Gasteiger partial charge in [-0.3, -0.25) is 0 Å². The molecule has 0 N–H and O–H groups in total. The van der Waals surface area contributed by atoms with Gasteiger partial charge in [0.15, 0.2) is 0 Å². The molecule has 0 aromatic heterocycles. The van der Waals surface area contributed by atoms with Crippen molar-refractivity contribution in [2.45, 2.75) is 27.2 Å². The van der Waals surface area contributed by atoms with Gasteiger partial charge in [-0.2, -0.15) is 12.6 Å². The molecule has 0 fully saturated rings. The fraction of sp³-hybridized carbons (Fsp3) is 0.538. The van der Waals surface area contributed by atoms with Crippen molar-refractivity contribution in [3.8, 4) is 0 Å². The Balaban J connectivity index is 2.92. The lowest BCUT2D eigenvalue weighted by Crippen LogP contribution is -2.20. The minimum Gasteiger partial charge on any atom is -0.374 e. The van der Waals surface area contributed by atoms with Crippen molar-refractivity contribution in [3.63, 3.8) is 0 Å². The van der Waals surface area contributed by atoms with E-state index in [1.165, 1.54) is 22.4 Å². The highest BCUT2D eigenvalue weighted by Crippen LogP contribution is 2.25. The summed E-state index contributed by atoms with van der Waals surface area (Å²) in [5.74, 6) is 0.953. The molecule has 15 heavy (non-hydrogen) atoms. The number of thiol groups is 1. The second kappa shape index (κ2) is 5.45. The van der Waals surface area contributed by atoms with E-state index >= 15 is 0 Å². The van der Waals surface area contributed by atoms with Crippen LogP contribution in [-0.4, -0.2) is 19.3 Å². The van der Waals surface area contributed by atoms with Crippen LogP contribution in [0.1, 0.15) is 23.1 Å². The summed E-state index contributed by atoms with van der Waals surface area (Å²) >= 11 is 4.25.